The Morgan fingerprint density at radius 1 is 1.50 bits per heavy atom. The van der Waals surface area contributed by atoms with Crippen molar-refractivity contribution in [2.24, 2.45) is 0 Å². The van der Waals surface area contributed by atoms with Crippen LogP contribution < -0.4 is 0 Å². The van der Waals surface area contributed by atoms with Crippen LogP contribution in [-0.4, -0.2) is 10.2 Å². The van der Waals surface area contributed by atoms with Gasteiger partial charge in [0.1, 0.15) is 0 Å². The summed E-state index contributed by atoms with van der Waals surface area (Å²) in [5, 5.41) is 8.30. The molecule has 0 aliphatic rings. The van der Waals surface area contributed by atoms with E-state index in [1.807, 2.05) is 6.20 Å². The molecule has 3 heteroatoms. The van der Waals surface area contributed by atoms with E-state index in [4.69, 9.17) is 0 Å². The topological polar surface area (TPSA) is 28.7 Å². The lowest BCUT2D eigenvalue weighted by molar-refractivity contribution is 1.10. The van der Waals surface area contributed by atoms with Gasteiger partial charge in [-0.15, -0.1) is 0 Å². The molecule has 1 heterocycles. The van der Waals surface area contributed by atoms with E-state index >= 15 is 0 Å². The molecule has 2 rings (SSSR count). The highest BCUT2D eigenvalue weighted by molar-refractivity contribution is 7.80. The molecule has 0 fully saturated rings. The standard InChI is InChI=1S/C9H10N2S/c1-6(12)7-2-3-8-5-10-11-9(8)4-7/h2-6,12H,1H3,(H,10,11). The fourth-order valence-corrected chi connectivity index (χ4v) is 1.38. The summed E-state index contributed by atoms with van der Waals surface area (Å²) in [5.41, 5.74) is 2.29. The van der Waals surface area contributed by atoms with Crippen molar-refractivity contribution < 1.29 is 0 Å². The van der Waals surface area contributed by atoms with E-state index in [9.17, 15) is 0 Å². The maximum absolute atomic E-state index is 4.36. The molecule has 0 bridgehead atoms. The maximum Gasteiger partial charge on any atom is 0.0653 e. The number of hydrogen-bond acceptors (Lipinski definition) is 2. The van der Waals surface area contributed by atoms with Gasteiger partial charge in [0.05, 0.1) is 11.7 Å². The van der Waals surface area contributed by atoms with Gasteiger partial charge in [0.25, 0.3) is 0 Å². The van der Waals surface area contributed by atoms with Gasteiger partial charge in [0, 0.05) is 10.6 Å². The lowest BCUT2D eigenvalue weighted by Gasteiger charge is -2.02. The van der Waals surface area contributed by atoms with Gasteiger partial charge in [-0.2, -0.15) is 17.7 Å². The van der Waals surface area contributed by atoms with E-state index in [-0.39, 0.29) is 5.25 Å². The van der Waals surface area contributed by atoms with Gasteiger partial charge in [-0.3, -0.25) is 5.10 Å². The molecule has 0 amide bonds. The van der Waals surface area contributed by atoms with Crippen molar-refractivity contribution in [3.8, 4) is 0 Å². The second-order valence-corrected chi connectivity index (χ2v) is 3.67. The van der Waals surface area contributed by atoms with Crippen molar-refractivity contribution in [3.05, 3.63) is 30.0 Å². The molecule has 62 valence electrons. The Morgan fingerprint density at radius 2 is 2.33 bits per heavy atom. The van der Waals surface area contributed by atoms with Crippen LogP contribution >= 0.6 is 12.6 Å². The summed E-state index contributed by atoms with van der Waals surface area (Å²) in [4.78, 5) is 0. The summed E-state index contributed by atoms with van der Waals surface area (Å²) in [6.45, 7) is 2.06. The third kappa shape index (κ3) is 1.20. The molecule has 0 aliphatic heterocycles. The number of nitrogens with zero attached hydrogens (tertiary/aromatic N) is 1. The molecular formula is C9H10N2S. The zero-order valence-electron chi connectivity index (χ0n) is 6.78. The zero-order valence-corrected chi connectivity index (χ0v) is 7.68. The number of nitrogens with one attached hydrogen (secondary N) is 1. The van der Waals surface area contributed by atoms with Crippen LogP contribution in [0.2, 0.25) is 0 Å². The first-order valence-corrected chi connectivity index (χ1v) is 4.40. The number of benzene rings is 1. The minimum Gasteiger partial charge on any atom is -0.278 e. The van der Waals surface area contributed by atoms with Crippen molar-refractivity contribution >= 4 is 23.5 Å². The Bertz CT molecular complexity index is 392. The number of aromatic amines is 1. The molecule has 0 aliphatic carbocycles. The second kappa shape index (κ2) is 2.83. The smallest absolute Gasteiger partial charge is 0.0653 e. The maximum atomic E-state index is 4.36. The molecule has 0 saturated carbocycles. The van der Waals surface area contributed by atoms with Crippen molar-refractivity contribution in [1.29, 1.82) is 0 Å². The van der Waals surface area contributed by atoms with Gasteiger partial charge in [-0.05, 0) is 18.6 Å². The molecule has 2 nitrogen and oxygen atoms in total. The van der Waals surface area contributed by atoms with Crippen LogP contribution in [0, 0.1) is 0 Å². The third-order valence-electron chi connectivity index (χ3n) is 1.95. The highest BCUT2D eigenvalue weighted by atomic mass is 32.1. The van der Waals surface area contributed by atoms with E-state index in [0.717, 1.165) is 10.9 Å². The number of fused-ring (bicyclic) bond motifs is 1. The molecule has 1 aromatic heterocycles. The van der Waals surface area contributed by atoms with E-state index in [0.29, 0.717) is 0 Å². The molecule has 12 heavy (non-hydrogen) atoms. The van der Waals surface area contributed by atoms with Gasteiger partial charge in [-0.25, -0.2) is 0 Å². The summed E-state index contributed by atoms with van der Waals surface area (Å²) in [5.74, 6) is 0. The summed E-state index contributed by atoms with van der Waals surface area (Å²) in [7, 11) is 0. The summed E-state index contributed by atoms with van der Waals surface area (Å²) >= 11 is 4.36. The average molecular weight is 178 g/mol. The van der Waals surface area contributed by atoms with Crippen molar-refractivity contribution in [2.75, 3.05) is 0 Å². The number of H-pyrrole nitrogens is 1. The predicted molar refractivity (Wildman–Crippen MR) is 53.5 cm³/mol. The molecule has 1 aromatic carbocycles. The van der Waals surface area contributed by atoms with Crippen molar-refractivity contribution in [1.82, 2.24) is 10.2 Å². The Labute approximate surface area is 76.4 Å². The fourth-order valence-electron chi connectivity index (χ4n) is 1.21. The Kier molecular flexibility index (Phi) is 1.81. The van der Waals surface area contributed by atoms with E-state index in [2.05, 4.69) is 47.9 Å². The highest BCUT2D eigenvalue weighted by Crippen LogP contribution is 2.22. The number of thiol groups is 1. The largest absolute Gasteiger partial charge is 0.278 e. The van der Waals surface area contributed by atoms with E-state index in [1.165, 1.54) is 5.56 Å². The lowest BCUT2D eigenvalue weighted by Crippen LogP contribution is -1.82. The van der Waals surface area contributed by atoms with E-state index in [1.54, 1.807) is 0 Å². The minimum absolute atomic E-state index is 0.276. The van der Waals surface area contributed by atoms with E-state index < -0.39 is 0 Å². The van der Waals surface area contributed by atoms with Crippen molar-refractivity contribution in [3.63, 3.8) is 0 Å². The molecule has 1 N–H and O–H groups in total. The monoisotopic (exact) mass is 178 g/mol. The quantitative estimate of drug-likeness (QED) is 0.645. The van der Waals surface area contributed by atoms with Gasteiger partial charge < -0.3 is 0 Å². The zero-order chi connectivity index (χ0) is 8.55. The molecule has 1 unspecified atom stereocenters. The van der Waals surface area contributed by atoms with Crippen LogP contribution in [0.3, 0.4) is 0 Å². The summed E-state index contributed by atoms with van der Waals surface area (Å²) in [6.07, 6.45) is 1.82. The first-order valence-electron chi connectivity index (χ1n) is 3.88. The molecule has 2 aromatic rings. The number of rotatable bonds is 1. The average Bonchev–Trinajstić information content (AvgIpc) is 2.49. The minimum atomic E-state index is 0.276. The predicted octanol–water partition coefficient (Wildman–Crippen LogP) is 2.55. The summed E-state index contributed by atoms with van der Waals surface area (Å²) in [6, 6.07) is 6.22. The van der Waals surface area contributed by atoms with Gasteiger partial charge >= 0.3 is 0 Å². The Balaban J connectivity index is 2.60. The highest BCUT2D eigenvalue weighted by Gasteiger charge is 2.01. The molecule has 0 spiro atoms. The second-order valence-electron chi connectivity index (χ2n) is 2.89. The van der Waals surface area contributed by atoms with Gasteiger partial charge in [0.2, 0.25) is 0 Å². The number of aromatic nitrogens is 2. The number of hydrogen-bond donors (Lipinski definition) is 2. The van der Waals surface area contributed by atoms with Crippen LogP contribution in [0.15, 0.2) is 24.4 Å². The summed E-state index contributed by atoms with van der Waals surface area (Å²) < 4.78 is 0. The fraction of sp³-hybridized carbons (Fsp3) is 0.222. The SMILES string of the molecule is CC(S)c1ccc2cn[nH]c2c1. The van der Waals surface area contributed by atoms with Gasteiger partial charge in [-0.1, -0.05) is 12.1 Å². The third-order valence-corrected chi connectivity index (χ3v) is 2.25. The van der Waals surface area contributed by atoms with Crippen LogP contribution in [0.4, 0.5) is 0 Å². The van der Waals surface area contributed by atoms with Crippen LogP contribution in [0.5, 0.6) is 0 Å². The van der Waals surface area contributed by atoms with Crippen LogP contribution in [0.25, 0.3) is 10.9 Å². The van der Waals surface area contributed by atoms with Crippen LogP contribution in [-0.2, 0) is 0 Å². The van der Waals surface area contributed by atoms with Crippen LogP contribution in [0.1, 0.15) is 17.7 Å². The van der Waals surface area contributed by atoms with Gasteiger partial charge in [0.15, 0.2) is 0 Å². The normalized spacial score (nSPS) is 13.5. The van der Waals surface area contributed by atoms with Crippen molar-refractivity contribution in [2.45, 2.75) is 12.2 Å². The molecule has 0 saturated heterocycles. The lowest BCUT2D eigenvalue weighted by atomic mass is 10.1. The Morgan fingerprint density at radius 3 is 3.08 bits per heavy atom. The molecular weight excluding hydrogens is 168 g/mol. The first kappa shape index (κ1) is 7.68. The molecule has 0 radical (unpaired) electrons. The molecule has 1 atom stereocenters. The Hall–Kier alpha value is -0.960. The first-order chi connectivity index (χ1) is 5.77.